The lowest BCUT2D eigenvalue weighted by Gasteiger charge is -2.08. The van der Waals surface area contributed by atoms with Gasteiger partial charge in [0.1, 0.15) is 6.07 Å². The summed E-state index contributed by atoms with van der Waals surface area (Å²) < 4.78 is 0.805. The highest BCUT2D eigenvalue weighted by Crippen LogP contribution is 2.24. The van der Waals surface area contributed by atoms with Gasteiger partial charge in [-0.05, 0) is 45.8 Å². The van der Waals surface area contributed by atoms with Crippen molar-refractivity contribution in [2.24, 2.45) is 0 Å². The molecule has 1 N–H and O–H groups in total. The Kier molecular flexibility index (Phi) is 3.73. The molecule has 0 unspecified atom stereocenters. The lowest BCUT2D eigenvalue weighted by atomic mass is 10.2. The van der Waals surface area contributed by atoms with Crippen molar-refractivity contribution in [1.82, 2.24) is 4.98 Å². The highest BCUT2D eigenvalue weighted by atomic mass is 79.9. The SMILES string of the molecule is N#Cc1c(Br)cccc1NCc1ccncc1. The van der Waals surface area contributed by atoms with Crippen LogP contribution in [-0.2, 0) is 6.54 Å². The number of benzene rings is 1. The van der Waals surface area contributed by atoms with Crippen molar-refractivity contribution in [3.8, 4) is 6.07 Å². The summed E-state index contributed by atoms with van der Waals surface area (Å²) in [7, 11) is 0. The van der Waals surface area contributed by atoms with Gasteiger partial charge >= 0.3 is 0 Å². The predicted octanol–water partition coefficient (Wildman–Crippen LogP) is 3.33. The Labute approximate surface area is 108 Å². The van der Waals surface area contributed by atoms with Gasteiger partial charge < -0.3 is 5.32 Å². The van der Waals surface area contributed by atoms with E-state index in [4.69, 9.17) is 5.26 Å². The van der Waals surface area contributed by atoms with Crippen molar-refractivity contribution < 1.29 is 0 Å². The van der Waals surface area contributed by atoms with Crippen LogP contribution in [0.5, 0.6) is 0 Å². The molecule has 1 heterocycles. The summed E-state index contributed by atoms with van der Waals surface area (Å²) in [5, 5.41) is 12.3. The summed E-state index contributed by atoms with van der Waals surface area (Å²) in [6.07, 6.45) is 3.51. The van der Waals surface area contributed by atoms with Gasteiger partial charge in [0, 0.05) is 23.4 Å². The highest BCUT2D eigenvalue weighted by Gasteiger charge is 2.04. The molecule has 3 nitrogen and oxygen atoms in total. The van der Waals surface area contributed by atoms with Crippen LogP contribution < -0.4 is 5.32 Å². The molecule has 2 aromatic rings. The van der Waals surface area contributed by atoms with E-state index in [1.165, 1.54) is 0 Å². The summed E-state index contributed by atoms with van der Waals surface area (Å²) in [6, 6.07) is 11.7. The number of nitrogens with zero attached hydrogens (tertiary/aromatic N) is 2. The maximum absolute atomic E-state index is 9.07. The standard InChI is InChI=1S/C13H10BrN3/c14-12-2-1-3-13(11(12)8-15)17-9-10-4-6-16-7-5-10/h1-7,17H,9H2. The van der Waals surface area contributed by atoms with Crippen LogP contribution in [0.25, 0.3) is 0 Å². The Bertz CT molecular complexity index is 546. The van der Waals surface area contributed by atoms with E-state index in [1.807, 2.05) is 30.3 Å². The highest BCUT2D eigenvalue weighted by molar-refractivity contribution is 9.10. The Morgan fingerprint density at radius 2 is 2.00 bits per heavy atom. The predicted molar refractivity (Wildman–Crippen MR) is 70.4 cm³/mol. The normalized spacial score (nSPS) is 9.65. The number of rotatable bonds is 3. The molecule has 0 aliphatic rings. The zero-order valence-corrected chi connectivity index (χ0v) is 10.6. The van der Waals surface area contributed by atoms with Crippen molar-refractivity contribution in [3.63, 3.8) is 0 Å². The Morgan fingerprint density at radius 1 is 1.24 bits per heavy atom. The molecule has 2 rings (SSSR count). The maximum atomic E-state index is 9.07. The quantitative estimate of drug-likeness (QED) is 0.942. The number of nitriles is 1. The molecule has 0 radical (unpaired) electrons. The van der Waals surface area contributed by atoms with Gasteiger partial charge in [-0.1, -0.05) is 6.07 Å². The molecule has 17 heavy (non-hydrogen) atoms. The van der Waals surface area contributed by atoms with Gasteiger partial charge in [-0.25, -0.2) is 0 Å². The largest absolute Gasteiger partial charge is 0.380 e. The first-order valence-corrected chi connectivity index (χ1v) is 5.92. The lowest BCUT2D eigenvalue weighted by Crippen LogP contribution is -2.01. The third-order valence-corrected chi connectivity index (χ3v) is 3.02. The zero-order valence-electron chi connectivity index (χ0n) is 9.02. The third kappa shape index (κ3) is 2.83. The molecule has 0 fully saturated rings. The molecule has 0 saturated carbocycles. The first-order chi connectivity index (χ1) is 8.31. The maximum Gasteiger partial charge on any atom is 0.103 e. The van der Waals surface area contributed by atoms with E-state index < -0.39 is 0 Å². The monoisotopic (exact) mass is 287 g/mol. The smallest absolute Gasteiger partial charge is 0.103 e. The molecule has 1 aromatic heterocycles. The number of hydrogen-bond donors (Lipinski definition) is 1. The summed E-state index contributed by atoms with van der Waals surface area (Å²) in [4.78, 5) is 3.96. The minimum atomic E-state index is 0.626. The van der Waals surface area contributed by atoms with Crippen molar-refractivity contribution >= 4 is 21.6 Å². The summed E-state index contributed by atoms with van der Waals surface area (Å²) >= 11 is 3.36. The van der Waals surface area contributed by atoms with Gasteiger partial charge in [0.15, 0.2) is 0 Å². The Morgan fingerprint density at radius 3 is 2.71 bits per heavy atom. The van der Waals surface area contributed by atoms with E-state index in [0.29, 0.717) is 12.1 Å². The summed E-state index contributed by atoms with van der Waals surface area (Å²) in [6.45, 7) is 0.674. The molecule has 0 aliphatic carbocycles. The Balaban J connectivity index is 2.15. The number of pyridine rings is 1. The average Bonchev–Trinajstić information content (AvgIpc) is 2.37. The third-order valence-electron chi connectivity index (χ3n) is 2.36. The second-order valence-electron chi connectivity index (χ2n) is 3.48. The van der Waals surface area contributed by atoms with Crippen molar-refractivity contribution in [2.45, 2.75) is 6.54 Å². The van der Waals surface area contributed by atoms with Crippen LogP contribution >= 0.6 is 15.9 Å². The fourth-order valence-corrected chi connectivity index (χ4v) is 1.94. The molecule has 84 valence electrons. The van der Waals surface area contributed by atoms with Gasteiger partial charge in [-0.2, -0.15) is 5.26 Å². The summed E-state index contributed by atoms with van der Waals surface area (Å²) in [5.74, 6) is 0. The Hall–Kier alpha value is -1.86. The number of hydrogen-bond acceptors (Lipinski definition) is 3. The van der Waals surface area contributed by atoms with Gasteiger partial charge in [-0.15, -0.1) is 0 Å². The van der Waals surface area contributed by atoms with Crippen LogP contribution in [0.4, 0.5) is 5.69 Å². The molecule has 0 saturated heterocycles. The molecular formula is C13H10BrN3. The van der Waals surface area contributed by atoms with Gasteiger partial charge in [-0.3, -0.25) is 4.98 Å². The minimum Gasteiger partial charge on any atom is -0.380 e. The van der Waals surface area contributed by atoms with Gasteiger partial charge in [0.2, 0.25) is 0 Å². The van der Waals surface area contributed by atoms with Crippen LogP contribution in [0.1, 0.15) is 11.1 Å². The van der Waals surface area contributed by atoms with E-state index in [2.05, 4.69) is 32.3 Å². The van der Waals surface area contributed by atoms with Gasteiger partial charge in [0.25, 0.3) is 0 Å². The molecule has 0 amide bonds. The number of anilines is 1. The van der Waals surface area contributed by atoms with E-state index >= 15 is 0 Å². The molecule has 0 bridgehead atoms. The molecule has 0 spiro atoms. The van der Waals surface area contributed by atoms with Crippen LogP contribution in [-0.4, -0.2) is 4.98 Å². The second-order valence-corrected chi connectivity index (χ2v) is 4.34. The van der Waals surface area contributed by atoms with E-state index in [1.54, 1.807) is 12.4 Å². The van der Waals surface area contributed by atoms with E-state index in [-0.39, 0.29) is 0 Å². The molecular weight excluding hydrogens is 278 g/mol. The second kappa shape index (κ2) is 5.46. The van der Waals surface area contributed by atoms with Crippen molar-refractivity contribution in [3.05, 3.63) is 58.3 Å². The molecule has 0 atom stereocenters. The van der Waals surface area contributed by atoms with E-state index in [9.17, 15) is 0 Å². The van der Waals surface area contributed by atoms with Crippen LogP contribution in [0.2, 0.25) is 0 Å². The summed E-state index contributed by atoms with van der Waals surface area (Å²) in [5.41, 5.74) is 2.59. The van der Waals surface area contributed by atoms with Crippen LogP contribution in [0.3, 0.4) is 0 Å². The minimum absolute atomic E-state index is 0.626. The lowest BCUT2D eigenvalue weighted by molar-refractivity contribution is 1.12. The average molecular weight is 288 g/mol. The number of halogens is 1. The number of nitrogens with one attached hydrogen (secondary N) is 1. The molecule has 4 heteroatoms. The van der Waals surface area contributed by atoms with Crippen LogP contribution in [0, 0.1) is 11.3 Å². The van der Waals surface area contributed by atoms with Crippen LogP contribution in [0.15, 0.2) is 47.2 Å². The molecule has 1 aromatic carbocycles. The number of aromatic nitrogens is 1. The zero-order chi connectivity index (χ0) is 12.1. The van der Waals surface area contributed by atoms with E-state index in [0.717, 1.165) is 15.7 Å². The van der Waals surface area contributed by atoms with Gasteiger partial charge in [0.05, 0.1) is 11.3 Å². The first kappa shape index (κ1) is 11.6. The van der Waals surface area contributed by atoms with Crippen molar-refractivity contribution in [2.75, 3.05) is 5.32 Å². The fourth-order valence-electron chi connectivity index (χ4n) is 1.48. The fraction of sp³-hybridized carbons (Fsp3) is 0.0769. The molecule has 0 aliphatic heterocycles. The van der Waals surface area contributed by atoms with Crippen molar-refractivity contribution in [1.29, 1.82) is 5.26 Å². The topological polar surface area (TPSA) is 48.7 Å². The first-order valence-electron chi connectivity index (χ1n) is 5.12.